The Morgan fingerprint density at radius 2 is 2.10 bits per heavy atom. The number of carbonyl (C=O) groups excluding carboxylic acids is 1. The first-order valence-electron chi connectivity index (χ1n) is 11.2. The highest BCUT2D eigenvalue weighted by Crippen LogP contribution is 2.22. The van der Waals surface area contributed by atoms with Crippen LogP contribution in [0.3, 0.4) is 0 Å². The number of carbonyl (C=O) groups is 1. The Bertz CT molecular complexity index is 856. The Kier molecular flexibility index (Phi) is 7.48. The van der Waals surface area contributed by atoms with Crippen molar-refractivity contribution in [3.05, 3.63) is 59.9 Å². The van der Waals surface area contributed by atoms with Gasteiger partial charge in [0.25, 0.3) is 0 Å². The number of nitrogens with one attached hydrogen (secondary N) is 1. The number of benzene rings is 1. The normalized spacial score (nSPS) is 20.5. The number of halogens is 1. The molecule has 166 valence electrons. The number of H-pyrrole nitrogens is 1. The summed E-state index contributed by atoms with van der Waals surface area (Å²) in [5.41, 5.74) is 1.56. The molecule has 0 unspecified atom stereocenters. The van der Waals surface area contributed by atoms with Crippen molar-refractivity contribution >= 4 is 12.0 Å². The number of hydrogen-bond acceptors (Lipinski definition) is 4. The highest BCUT2D eigenvalue weighted by atomic mass is 19.1. The third-order valence-electron chi connectivity index (χ3n) is 6.22. The number of rotatable bonds is 8. The van der Waals surface area contributed by atoms with E-state index in [0.717, 1.165) is 63.2 Å². The minimum Gasteiger partial charge on any atom is -0.376 e. The molecule has 0 spiro atoms. The lowest BCUT2D eigenvalue weighted by Gasteiger charge is -2.35. The Morgan fingerprint density at radius 1 is 1.26 bits per heavy atom. The topological polar surface area (TPSA) is 61.5 Å². The number of aromatic amines is 1. The van der Waals surface area contributed by atoms with E-state index < -0.39 is 0 Å². The number of aromatic nitrogens is 2. The van der Waals surface area contributed by atoms with Gasteiger partial charge >= 0.3 is 0 Å². The summed E-state index contributed by atoms with van der Waals surface area (Å²) in [6, 6.07) is 6.99. The Labute approximate surface area is 183 Å². The summed E-state index contributed by atoms with van der Waals surface area (Å²) in [6.45, 7) is 4.65. The van der Waals surface area contributed by atoms with Crippen LogP contribution in [-0.2, 0) is 16.1 Å². The van der Waals surface area contributed by atoms with Gasteiger partial charge in [-0.2, -0.15) is 0 Å². The smallest absolute Gasteiger partial charge is 0.246 e. The van der Waals surface area contributed by atoms with Gasteiger partial charge in [-0.25, -0.2) is 9.37 Å². The van der Waals surface area contributed by atoms with Crippen LogP contribution >= 0.6 is 0 Å². The van der Waals surface area contributed by atoms with Crippen LogP contribution in [-0.4, -0.2) is 64.6 Å². The molecule has 0 bridgehead atoms. The fraction of sp³-hybridized carbons (Fsp3) is 0.500. The quantitative estimate of drug-likeness (QED) is 0.657. The lowest BCUT2D eigenvalue weighted by Crippen LogP contribution is -2.43. The summed E-state index contributed by atoms with van der Waals surface area (Å²) in [5.74, 6) is 0.323. The van der Waals surface area contributed by atoms with Gasteiger partial charge in [0.05, 0.1) is 24.3 Å². The van der Waals surface area contributed by atoms with Gasteiger partial charge in [0, 0.05) is 37.9 Å². The van der Waals surface area contributed by atoms with Crippen molar-refractivity contribution in [3.8, 4) is 0 Å². The molecule has 7 heteroatoms. The van der Waals surface area contributed by atoms with Crippen molar-refractivity contribution < 1.29 is 13.9 Å². The van der Waals surface area contributed by atoms with Gasteiger partial charge in [0.15, 0.2) is 0 Å². The average Bonchev–Trinajstić information content (AvgIpc) is 3.49. The fourth-order valence-corrected chi connectivity index (χ4v) is 4.42. The molecule has 1 amide bonds. The van der Waals surface area contributed by atoms with Gasteiger partial charge in [0.1, 0.15) is 5.82 Å². The largest absolute Gasteiger partial charge is 0.376 e. The maximum atomic E-state index is 14.0. The third kappa shape index (κ3) is 6.24. The van der Waals surface area contributed by atoms with Crippen molar-refractivity contribution in [3.63, 3.8) is 0 Å². The summed E-state index contributed by atoms with van der Waals surface area (Å²) >= 11 is 0. The van der Waals surface area contributed by atoms with E-state index in [0.29, 0.717) is 19.0 Å². The van der Waals surface area contributed by atoms with Gasteiger partial charge in [0.2, 0.25) is 5.91 Å². The molecule has 3 heterocycles. The van der Waals surface area contributed by atoms with E-state index in [4.69, 9.17) is 4.74 Å². The SMILES string of the molecule is O=C(/C=C/c1cnc[nH]1)N(CC1CCN(Cc2ccccc2F)CC1)C[C@H]1CCCO1. The van der Waals surface area contributed by atoms with Gasteiger partial charge in [-0.05, 0) is 56.8 Å². The highest BCUT2D eigenvalue weighted by Gasteiger charge is 2.26. The Balaban J connectivity index is 1.32. The van der Waals surface area contributed by atoms with Crippen LogP contribution in [0, 0.1) is 11.7 Å². The molecule has 2 aliphatic heterocycles. The van der Waals surface area contributed by atoms with Crippen LogP contribution in [0.25, 0.3) is 6.08 Å². The van der Waals surface area contributed by atoms with E-state index in [2.05, 4.69) is 14.9 Å². The molecule has 2 aliphatic rings. The second-order valence-electron chi connectivity index (χ2n) is 8.53. The van der Waals surface area contributed by atoms with E-state index >= 15 is 0 Å². The molecule has 2 aromatic rings. The lowest BCUT2D eigenvalue weighted by molar-refractivity contribution is -0.128. The highest BCUT2D eigenvalue weighted by molar-refractivity contribution is 5.91. The Hall–Kier alpha value is -2.51. The zero-order valence-corrected chi connectivity index (χ0v) is 17.9. The standard InChI is InChI=1S/C24H31FN4O2/c25-23-6-2-1-4-20(23)16-28-11-9-19(10-12-28)15-29(17-22-5-3-13-31-22)24(30)8-7-21-14-26-18-27-21/h1-2,4,6-8,14,18-19,22H,3,5,9-13,15-17H2,(H,26,27)/b8-7+/t22-/m1/s1. The number of amides is 1. The van der Waals surface area contributed by atoms with Gasteiger partial charge in [-0.3, -0.25) is 9.69 Å². The Morgan fingerprint density at radius 3 is 2.81 bits per heavy atom. The van der Waals surface area contributed by atoms with Crippen LogP contribution in [0.5, 0.6) is 0 Å². The predicted molar refractivity (Wildman–Crippen MR) is 118 cm³/mol. The second-order valence-corrected chi connectivity index (χ2v) is 8.53. The zero-order chi connectivity index (χ0) is 21.5. The van der Waals surface area contributed by atoms with Gasteiger partial charge < -0.3 is 14.6 Å². The van der Waals surface area contributed by atoms with Crippen molar-refractivity contribution in [2.24, 2.45) is 5.92 Å². The van der Waals surface area contributed by atoms with Crippen LogP contribution < -0.4 is 0 Å². The molecule has 2 fully saturated rings. The number of piperidine rings is 1. The molecule has 4 rings (SSSR count). The van der Waals surface area contributed by atoms with Gasteiger partial charge in [-0.1, -0.05) is 18.2 Å². The van der Waals surface area contributed by atoms with Crippen LogP contribution in [0.4, 0.5) is 4.39 Å². The molecular weight excluding hydrogens is 395 g/mol. The summed E-state index contributed by atoms with van der Waals surface area (Å²) in [5, 5.41) is 0. The van der Waals surface area contributed by atoms with E-state index in [1.54, 1.807) is 30.7 Å². The van der Waals surface area contributed by atoms with E-state index in [9.17, 15) is 9.18 Å². The zero-order valence-electron chi connectivity index (χ0n) is 17.9. The second kappa shape index (κ2) is 10.7. The number of ether oxygens (including phenoxy) is 1. The van der Waals surface area contributed by atoms with E-state index in [1.165, 1.54) is 6.07 Å². The minimum atomic E-state index is -0.137. The number of nitrogens with zero attached hydrogens (tertiary/aromatic N) is 3. The first-order chi connectivity index (χ1) is 15.2. The van der Waals surface area contributed by atoms with Gasteiger partial charge in [-0.15, -0.1) is 0 Å². The summed E-state index contributed by atoms with van der Waals surface area (Å²) in [4.78, 5) is 24.2. The monoisotopic (exact) mass is 426 g/mol. The molecule has 31 heavy (non-hydrogen) atoms. The van der Waals surface area contributed by atoms with E-state index in [-0.39, 0.29) is 17.8 Å². The maximum absolute atomic E-state index is 14.0. The summed E-state index contributed by atoms with van der Waals surface area (Å²) in [7, 11) is 0. The van der Waals surface area contributed by atoms with Crippen molar-refractivity contribution in [2.45, 2.75) is 38.3 Å². The molecule has 1 aromatic heterocycles. The first-order valence-corrected chi connectivity index (χ1v) is 11.2. The molecule has 0 radical (unpaired) electrons. The minimum absolute atomic E-state index is 0.0129. The van der Waals surface area contributed by atoms with Crippen LogP contribution in [0.1, 0.15) is 36.9 Å². The molecule has 1 atom stereocenters. The fourth-order valence-electron chi connectivity index (χ4n) is 4.42. The van der Waals surface area contributed by atoms with Crippen LogP contribution in [0.2, 0.25) is 0 Å². The molecule has 0 saturated carbocycles. The summed E-state index contributed by atoms with van der Waals surface area (Å²) < 4.78 is 19.7. The average molecular weight is 427 g/mol. The lowest BCUT2D eigenvalue weighted by atomic mass is 9.95. The van der Waals surface area contributed by atoms with Crippen molar-refractivity contribution in [1.82, 2.24) is 19.8 Å². The number of imidazole rings is 1. The molecule has 6 nitrogen and oxygen atoms in total. The molecule has 1 aromatic carbocycles. The predicted octanol–water partition coefficient (Wildman–Crippen LogP) is 3.48. The molecule has 1 N–H and O–H groups in total. The number of likely N-dealkylation sites (tertiary alicyclic amines) is 1. The first kappa shape index (κ1) is 21.7. The number of hydrogen-bond donors (Lipinski definition) is 1. The molecule has 0 aliphatic carbocycles. The van der Waals surface area contributed by atoms with E-state index in [1.807, 2.05) is 17.0 Å². The van der Waals surface area contributed by atoms with Crippen molar-refractivity contribution in [1.29, 1.82) is 0 Å². The molecule has 2 saturated heterocycles. The summed E-state index contributed by atoms with van der Waals surface area (Å²) in [6.07, 6.45) is 10.9. The van der Waals surface area contributed by atoms with Crippen LogP contribution in [0.15, 0.2) is 42.9 Å². The van der Waals surface area contributed by atoms with Crippen molar-refractivity contribution in [2.75, 3.05) is 32.8 Å². The molecular formula is C24H31FN4O2. The third-order valence-corrected chi connectivity index (χ3v) is 6.22. The maximum Gasteiger partial charge on any atom is 0.246 e.